The van der Waals surface area contributed by atoms with E-state index in [4.69, 9.17) is 21.9 Å². The van der Waals surface area contributed by atoms with Gasteiger partial charge >= 0.3 is 0 Å². The molecule has 1 aromatic heterocycles. The van der Waals surface area contributed by atoms with Crippen LogP contribution in [0.4, 0.5) is 0 Å². The van der Waals surface area contributed by atoms with Gasteiger partial charge in [0.25, 0.3) is 0 Å². The first-order valence-corrected chi connectivity index (χ1v) is 4.58. The molecule has 3 nitrogen and oxygen atoms in total. The topological polar surface area (TPSA) is 52.0 Å². The Hall–Kier alpha value is -1.32. The third-order valence-corrected chi connectivity index (χ3v) is 2.20. The summed E-state index contributed by atoms with van der Waals surface area (Å²) in [4.78, 5) is 0. The van der Waals surface area contributed by atoms with E-state index < -0.39 is 0 Å². The highest BCUT2D eigenvalue weighted by Gasteiger charge is 2.08. The van der Waals surface area contributed by atoms with Gasteiger partial charge in [-0.1, -0.05) is 28.9 Å². The van der Waals surface area contributed by atoms with Crippen LogP contribution in [-0.4, -0.2) is 5.16 Å². The molecule has 0 atom stereocenters. The van der Waals surface area contributed by atoms with Crippen molar-refractivity contribution in [1.29, 1.82) is 0 Å². The highest BCUT2D eigenvalue weighted by atomic mass is 35.5. The molecule has 2 N–H and O–H groups in total. The molecule has 0 spiro atoms. The van der Waals surface area contributed by atoms with Crippen LogP contribution in [0.15, 0.2) is 35.0 Å². The molecule has 1 heterocycles. The van der Waals surface area contributed by atoms with Crippen molar-refractivity contribution < 1.29 is 4.52 Å². The molecule has 0 saturated carbocycles. The molecule has 2 aromatic rings. The molecule has 0 bridgehead atoms. The Kier molecular flexibility index (Phi) is 2.52. The van der Waals surface area contributed by atoms with Crippen LogP contribution < -0.4 is 5.73 Å². The van der Waals surface area contributed by atoms with E-state index in [0.29, 0.717) is 17.3 Å². The maximum atomic E-state index is 5.88. The number of aromatic nitrogens is 1. The van der Waals surface area contributed by atoms with E-state index in [9.17, 15) is 0 Å². The van der Waals surface area contributed by atoms with E-state index in [1.807, 2.05) is 24.3 Å². The standard InChI is InChI=1S/C10H9ClN2O/c11-8-3-1-2-7(4-8)9-6-13-14-10(9)5-12/h1-4,6H,5,12H2. The average Bonchev–Trinajstić information content (AvgIpc) is 2.65. The van der Waals surface area contributed by atoms with Gasteiger partial charge in [0.2, 0.25) is 0 Å². The summed E-state index contributed by atoms with van der Waals surface area (Å²) in [5.74, 6) is 0.673. The van der Waals surface area contributed by atoms with Gasteiger partial charge in [-0.05, 0) is 17.7 Å². The molecule has 2 rings (SSSR count). The fourth-order valence-corrected chi connectivity index (χ4v) is 1.49. The molecule has 4 heteroatoms. The van der Waals surface area contributed by atoms with Gasteiger partial charge in [0, 0.05) is 10.6 Å². The lowest BCUT2D eigenvalue weighted by Crippen LogP contribution is -1.95. The van der Waals surface area contributed by atoms with Crippen LogP contribution in [0.2, 0.25) is 5.02 Å². The molecule has 1 aromatic carbocycles. The smallest absolute Gasteiger partial charge is 0.158 e. The van der Waals surface area contributed by atoms with Crippen molar-refractivity contribution >= 4 is 11.6 Å². The zero-order valence-corrected chi connectivity index (χ0v) is 8.16. The summed E-state index contributed by atoms with van der Waals surface area (Å²) in [5, 5.41) is 4.39. The van der Waals surface area contributed by atoms with Crippen molar-refractivity contribution in [3.8, 4) is 11.1 Å². The van der Waals surface area contributed by atoms with Crippen molar-refractivity contribution in [3.63, 3.8) is 0 Å². The number of hydrogen-bond donors (Lipinski definition) is 1. The van der Waals surface area contributed by atoms with Crippen LogP contribution >= 0.6 is 11.6 Å². The second-order valence-corrected chi connectivity index (χ2v) is 3.31. The van der Waals surface area contributed by atoms with Gasteiger partial charge in [0.15, 0.2) is 5.76 Å². The number of nitrogens with zero attached hydrogens (tertiary/aromatic N) is 1. The van der Waals surface area contributed by atoms with Crippen LogP contribution in [0.3, 0.4) is 0 Å². The van der Waals surface area contributed by atoms with Gasteiger partial charge in [0.1, 0.15) is 0 Å². The van der Waals surface area contributed by atoms with Crippen molar-refractivity contribution in [1.82, 2.24) is 5.16 Å². The number of hydrogen-bond acceptors (Lipinski definition) is 3. The zero-order valence-electron chi connectivity index (χ0n) is 7.40. The molecule has 0 saturated heterocycles. The summed E-state index contributed by atoms with van der Waals surface area (Å²) in [5.41, 5.74) is 7.37. The quantitative estimate of drug-likeness (QED) is 0.825. The van der Waals surface area contributed by atoms with Gasteiger partial charge in [-0.2, -0.15) is 0 Å². The van der Waals surface area contributed by atoms with E-state index in [1.54, 1.807) is 6.20 Å². The van der Waals surface area contributed by atoms with Gasteiger partial charge in [-0.25, -0.2) is 0 Å². The minimum absolute atomic E-state index is 0.335. The molecule has 72 valence electrons. The van der Waals surface area contributed by atoms with E-state index in [-0.39, 0.29) is 0 Å². The first kappa shape index (κ1) is 9.24. The summed E-state index contributed by atoms with van der Waals surface area (Å²) in [6.45, 7) is 0.335. The Bertz CT molecular complexity index is 439. The lowest BCUT2D eigenvalue weighted by molar-refractivity contribution is 0.385. The molecule has 0 aliphatic rings. The number of halogens is 1. The zero-order chi connectivity index (χ0) is 9.97. The maximum absolute atomic E-state index is 5.88. The summed E-state index contributed by atoms with van der Waals surface area (Å²) in [7, 11) is 0. The normalized spacial score (nSPS) is 10.4. The summed E-state index contributed by atoms with van der Waals surface area (Å²) in [6, 6.07) is 7.50. The van der Waals surface area contributed by atoms with Gasteiger partial charge in [-0.15, -0.1) is 0 Å². The summed E-state index contributed by atoms with van der Waals surface area (Å²) < 4.78 is 4.99. The second kappa shape index (κ2) is 3.82. The molecule has 0 aliphatic carbocycles. The molecule has 0 fully saturated rings. The first-order chi connectivity index (χ1) is 6.81. The van der Waals surface area contributed by atoms with Gasteiger partial charge in [0.05, 0.1) is 12.7 Å². The summed E-state index contributed by atoms with van der Waals surface area (Å²) >= 11 is 5.88. The Labute approximate surface area is 86.5 Å². The minimum atomic E-state index is 0.335. The Balaban J connectivity index is 2.49. The lowest BCUT2D eigenvalue weighted by atomic mass is 10.1. The van der Waals surface area contributed by atoms with Crippen molar-refractivity contribution in [2.24, 2.45) is 5.73 Å². The van der Waals surface area contributed by atoms with Crippen LogP contribution in [0.1, 0.15) is 5.76 Å². The molecule has 14 heavy (non-hydrogen) atoms. The number of rotatable bonds is 2. The SMILES string of the molecule is NCc1oncc1-c1cccc(Cl)c1. The fourth-order valence-electron chi connectivity index (χ4n) is 1.30. The molecule has 0 amide bonds. The fraction of sp³-hybridized carbons (Fsp3) is 0.100. The van der Waals surface area contributed by atoms with Crippen LogP contribution in [0.5, 0.6) is 0 Å². The number of benzene rings is 1. The molecular formula is C10H9ClN2O. The van der Waals surface area contributed by atoms with E-state index in [1.165, 1.54) is 0 Å². The molecule has 0 unspecified atom stereocenters. The van der Waals surface area contributed by atoms with Crippen LogP contribution in [0, 0.1) is 0 Å². The maximum Gasteiger partial charge on any atom is 0.158 e. The third kappa shape index (κ3) is 1.64. The second-order valence-electron chi connectivity index (χ2n) is 2.88. The van der Waals surface area contributed by atoms with E-state index >= 15 is 0 Å². The minimum Gasteiger partial charge on any atom is -0.359 e. The van der Waals surface area contributed by atoms with Crippen molar-refractivity contribution in [2.45, 2.75) is 6.54 Å². The largest absolute Gasteiger partial charge is 0.359 e. The Morgan fingerprint density at radius 2 is 2.29 bits per heavy atom. The highest BCUT2D eigenvalue weighted by molar-refractivity contribution is 6.30. The monoisotopic (exact) mass is 208 g/mol. The highest BCUT2D eigenvalue weighted by Crippen LogP contribution is 2.25. The lowest BCUT2D eigenvalue weighted by Gasteiger charge is -1.99. The van der Waals surface area contributed by atoms with Crippen molar-refractivity contribution in [3.05, 3.63) is 41.2 Å². The van der Waals surface area contributed by atoms with Crippen LogP contribution in [0.25, 0.3) is 11.1 Å². The van der Waals surface area contributed by atoms with Gasteiger partial charge in [-0.3, -0.25) is 0 Å². The number of nitrogens with two attached hydrogens (primary N) is 1. The Morgan fingerprint density at radius 3 is 3.00 bits per heavy atom. The summed E-state index contributed by atoms with van der Waals surface area (Å²) in [6.07, 6.45) is 1.65. The molecule has 0 aliphatic heterocycles. The van der Waals surface area contributed by atoms with Crippen molar-refractivity contribution in [2.75, 3.05) is 0 Å². The Morgan fingerprint density at radius 1 is 1.43 bits per heavy atom. The third-order valence-electron chi connectivity index (χ3n) is 1.97. The molecule has 0 radical (unpaired) electrons. The van der Waals surface area contributed by atoms with E-state index in [0.717, 1.165) is 11.1 Å². The average molecular weight is 209 g/mol. The van der Waals surface area contributed by atoms with Gasteiger partial charge < -0.3 is 10.3 Å². The first-order valence-electron chi connectivity index (χ1n) is 4.21. The molecular weight excluding hydrogens is 200 g/mol. The predicted molar refractivity (Wildman–Crippen MR) is 54.8 cm³/mol. The van der Waals surface area contributed by atoms with Crippen LogP contribution in [-0.2, 0) is 6.54 Å². The van der Waals surface area contributed by atoms with E-state index in [2.05, 4.69) is 5.16 Å². The predicted octanol–water partition coefficient (Wildman–Crippen LogP) is 2.45.